The summed E-state index contributed by atoms with van der Waals surface area (Å²) in [5.41, 5.74) is 0.718. The molecule has 0 aliphatic rings. The minimum Gasteiger partial charge on any atom is -0.508 e. The van der Waals surface area contributed by atoms with Crippen LogP contribution in [0, 0.1) is 10.1 Å². The SMILES string of the molecule is CCC(=O)c1ccccc1O.O=[N+]([O-])c1ccccc1O.OCc1ccccc1O. The predicted octanol–water partition coefficient (Wildman–Crippen LogP) is 4.17. The number of benzene rings is 3. The Hall–Kier alpha value is -3.91. The Kier molecular flexibility index (Phi) is 10.1. The largest absolute Gasteiger partial charge is 0.508 e. The third-order valence-corrected chi connectivity index (χ3v) is 3.77. The summed E-state index contributed by atoms with van der Waals surface area (Å²) in [5.74, 6) is -0.102. The van der Waals surface area contributed by atoms with Gasteiger partial charge in [-0.1, -0.05) is 49.4 Å². The number of phenols is 3. The number of nitro benzene ring substituents is 1. The van der Waals surface area contributed by atoms with Crippen molar-refractivity contribution in [3.8, 4) is 17.2 Å². The van der Waals surface area contributed by atoms with E-state index in [0.717, 1.165) is 0 Å². The van der Waals surface area contributed by atoms with Crippen LogP contribution in [-0.4, -0.2) is 31.1 Å². The van der Waals surface area contributed by atoms with Crippen molar-refractivity contribution in [2.75, 3.05) is 0 Å². The number of hydrogen-bond acceptors (Lipinski definition) is 7. The van der Waals surface area contributed by atoms with Crippen molar-refractivity contribution in [2.45, 2.75) is 20.0 Å². The second-order valence-electron chi connectivity index (χ2n) is 5.83. The maximum atomic E-state index is 11.1. The molecule has 8 heteroatoms. The third-order valence-electron chi connectivity index (χ3n) is 3.77. The molecule has 0 atom stereocenters. The van der Waals surface area contributed by atoms with Gasteiger partial charge in [-0.3, -0.25) is 14.9 Å². The van der Waals surface area contributed by atoms with Crippen LogP contribution in [0.2, 0.25) is 0 Å². The summed E-state index contributed by atoms with van der Waals surface area (Å²) in [5, 5.41) is 45.6. The molecule has 3 aromatic carbocycles. The standard InChI is InChI=1S/C9H10O2.C7H8O2.C6H5NO3/c1-2-8(10)7-5-3-4-6-9(7)11;8-5-6-3-1-2-4-7(6)9;8-6-4-2-1-3-5(6)7(9)10/h3-6,11H,2H2,1H3;1-4,8-9H,5H2;1-4,8H. The number of carbonyl (C=O) groups is 1. The van der Waals surface area contributed by atoms with Gasteiger partial charge in [-0.05, 0) is 24.3 Å². The lowest BCUT2D eigenvalue weighted by atomic mass is 10.1. The van der Waals surface area contributed by atoms with E-state index in [1.54, 1.807) is 49.4 Å². The first-order valence-electron chi connectivity index (χ1n) is 8.93. The lowest BCUT2D eigenvalue weighted by molar-refractivity contribution is -0.385. The monoisotopic (exact) mass is 413 g/mol. The van der Waals surface area contributed by atoms with Crippen LogP contribution in [0.1, 0.15) is 29.3 Å². The van der Waals surface area contributed by atoms with Crippen LogP contribution in [0.15, 0.2) is 72.8 Å². The van der Waals surface area contributed by atoms with Crippen molar-refractivity contribution in [1.82, 2.24) is 0 Å². The lowest BCUT2D eigenvalue weighted by Crippen LogP contribution is -1.95. The Bertz CT molecular complexity index is 973. The number of carbonyl (C=O) groups excluding carboxylic acids is 1. The predicted molar refractivity (Wildman–Crippen MR) is 112 cm³/mol. The molecule has 0 bridgehead atoms. The van der Waals surface area contributed by atoms with E-state index in [0.29, 0.717) is 17.5 Å². The summed E-state index contributed by atoms with van der Waals surface area (Å²) < 4.78 is 0. The van der Waals surface area contributed by atoms with Gasteiger partial charge in [0.25, 0.3) is 0 Å². The number of nitro groups is 1. The molecule has 8 nitrogen and oxygen atoms in total. The average molecular weight is 413 g/mol. The van der Waals surface area contributed by atoms with Gasteiger partial charge in [0.05, 0.1) is 17.1 Å². The van der Waals surface area contributed by atoms with E-state index >= 15 is 0 Å². The highest BCUT2D eigenvalue weighted by Gasteiger charge is 2.09. The topological polar surface area (TPSA) is 141 Å². The Labute approximate surface area is 173 Å². The van der Waals surface area contributed by atoms with Gasteiger partial charge in [0.15, 0.2) is 11.5 Å². The van der Waals surface area contributed by atoms with E-state index in [-0.39, 0.29) is 35.3 Å². The number of aliphatic hydroxyl groups is 1. The van der Waals surface area contributed by atoms with Crippen LogP contribution in [0.5, 0.6) is 17.2 Å². The average Bonchev–Trinajstić information content (AvgIpc) is 2.75. The van der Waals surface area contributed by atoms with Crippen LogP contribution in [0.3, 0.4) is 0 Å². The molecule has 0 amide bonds. The number of aromatic hydroxyl groups is 3. The third kappa shape index (κ3) is 7.61. The van der Waals surface area contributed by atoms with Gasteiger partial charge in [0.2, 0.25) is 0 Å². The summed E-state index contributed by atoms with van der Waals surface area (Å²) in [4.78, 5) is 20.5. The normalized spacial score (nSPS) is 9.40. The van der Waals surface area contributed by atoms with Crippen molar-refractivity contribution in [1.29, 1.82) is 0 Å². The van der Waals surface area contributed by atoms with E-state index in [4.69, 9.17) is 15.3 Å². The molecule has 0 heterocycles. The number of aliphatic hydroxyl groups excluding tert-OH is 1. The molecular weight excluding hydrogens is 390 g/mol. The summed E-state index contributed by atoms with van der Waals surface area (Å²) in [6.07, 6.45) is 0.428. The Morgan fingerprint density at radius 2 is 1.33 bits per heavy atom. The maximum absolute atomic E-state index is 11.1. The quantitative estimate of drug-likeness (QED) is 0.286. The number of rotatable bonds is 4. The highest BCUT2D eigenvalue weighted by molar-refractivity contribution is 5.98. The van der Waals surface area contributed by atoms with Gasteiger partial charge >= 0.3 is 5.69 Å². The first kappa shape index (κ1) is 24.1. The van der Waals surface area contributed by atoms with Gasteiger partial charge in [0.1, 0.15) is 11.5 Å². The van der Waals surface area contributed by atoms with Crippen LogP contribution in [0.25, 0.3) is 0 Å². The van der Waals surface area contributed by atoms with E-state index in [9.17, 15) is 20.0 Å². The van der Waals surface area contributed by atoms with Gasteiger partial charge in [-0.15, -0.1) is 0 Å². The number of phenolic OH excluding ortho intramolecular Hbond substituents is 2. The zero-order valence-electron chi connectivity index (χ0n) is 16.3. The Morgan fingerprint density at radius 1 is 0.833 bits per heavy atom. The number of nitrogens with zero attached hydrogens (tertiary/aromatic N) is 1. The maximum Gasteiger partial charge on any atom is 0.310 e. The molecule has 0 spiro atoms. The van der Waals surface area contributed by atoms with Crippen LogP contribution < -0.4 is 0 Å². The van der Waals surface area contributed by atoms with Crippen LogP contribution in [-0.2, 0) is 6.61 Å². The Morgan fingerprint density at radius 3 is 1.73 bits per heavy atom. The minimum atomic E-state index is -0.630. The molecule has 3 rings (SSSR count). The zero-order valence-corrected chi connectivity index (χ0v) is 16.3. The molecule has 3 aromatic rings. The molecule has 0 unspecified atom stereocenters. The van der Waals surface area contributed by atoms with Crippen molar-refractivity contribution in [3.05, 3.63) is 94.0 Å². The van der Waals surface area contributed by atoms with E-state index in [1.807, 2.05) is 0 Å². The van der Waals surface area contributed by atoms with Crippen molar-refractivity contribution in [2.24, 2.45) is 0 Å². The molecule has 0 aliphatic carbocycles. The Balaban J connectivity index is 0.000000226. The molecule has 0 fully saturated rings. The van der Waals surface area contributed by atoms with E-state index in [1.165, 1.54) is 30.3 Å². The highest BCUT2D eigenvalue weighted by Crippen LogP contribution is 2.23. The van der Waals surface area contributed by atoms with E-state index in [2.05, 4.69) is 0 Å². The summed E-state index contributed by atoms with van der Waals surface area (Å²) in [7, 11) is 0. The molecule has 0 saturated carbocycles. The molecule has 0 radical (unpaired) electrons. The lowest BCUT2D eigenvalue weighted by Gasteiger charge is -1.99. The second kappa shape index (κ2) is 12.5. The van der Waals surface area contributed by atoms with Gasteiger partial charge in [-0.25, -0.2) is 0 Å². The van der Waals surface area contributed by atoms with Crippen molar-refractivity contribution >= 4 is 11.5 Å². The van der Waals surface area contributed by atoms with Crippen LogP contribution in [0.4, 0.5) is 5.69 Å². The minimum absolute atomic E-state index is 0.0249. The van der Waals surface area contributed by atoms with Crippen LogP contribution >= 0.6 is 0 Å². The first-order chi connectivity index (χ1) is 14.3. The summed E-state index contributed by atoms with van der Waals surface area (Å²) >= 11 is 0. The molecule has 30 heavy (non-hydrogen) atoms. The zero-order chi connectivity index (χ0) is 22.5. The molecule has 0 saturated heterocycles. The fraction of sp³-hybridized carbons (Fsp3) is 0.136. The summed E-state index contributed by atoms with van der Waals surface area (Å²) in [6, 6.07) is 18.8. The smallest absolute Gasteiger partial charge is 0.310 e. The highest BCUT2D eigenvalue weighted by atomic mass is 16.6. The number of hydrogen-bond donors (Lipinski definition) is 4. The fourth-order valence-electron chi connectivity index (χ4n) is 2.16. The first-order valence-corrected chi connectivity index (χ1v) is 8.93. The van der Waals surface area contributed by atoms with Gasteiger partial charge in [-0.2, -0.15) is 0 Å². The molecule has 4 N–H and O–H groups in total. The van der Waals surface area contributed by atoms with Crippen molar-refractivity contribution in [3.63, 3.8) is 0 Å². The molecular formula is C22H23NO7. The van der Waals surface area contributed by atoms with E-state index < -0.39 is 4.92 Å². The summed E-state index contributed by atoms with van der Waals surface area (Å²) in [6.45, 7) is 1.67. The molecule has 0 aliphatic heterocycles. The molecule has 158 valence electrons. The fourth-order valence-corrected chi connectivity index (χ4v) is 2.16. The van der Waals surface area contributed by atoms with Gasteiger partial charge in [0, 0.05) is 18.1 Å². The molecule has 0 aromatic heterocycles. The second-order valence-corrected chi connectivity index (χ2v) is 5.83. The number of Topliss-reactive ketones (excluding diaryl/α,β-unsaturated/α-hetero) is 1. The van der Waals surface area contributed by atoms with Gasteiger partial charge < -0.3 is 20.4 Å². The number of ketones is 1. The number of para-hydroxylation sites is 4. The van der Waals surface area contributed by atoms with Crippen molar-refractivity contribution < 1.29 is 30.1 Å².